The van der Waals surface area contributed by atoms with Gasteiger partial charge in [0.1, 0.15) is 9.84 Å². The quantitative estimate of drug-likeness (QED) is 0.707. The van der Waals surface area contributed by atoms with Crippen LogP contribution in [0.15, 0.2) is 24.3 Å². The van der Waals surface area contributed by atoms with Crippen LogP contribution in [0.5, 0.6) is 0 Å². The van der Waals surface area contributed by atoms with Crippen molar-refractivity contribution in [3.8, 4) is 0 Å². The number of amides is 1. The van der Waals surface area contributed by atoms with E-state index >= 15 is 0 Å². The van der Waals surface area contributed by atoms with Crippen LogP contribution < -0.4 is 11.1 Å². The fraction of sp³-hybridized carbons (Fsp3) is 0.417. The Morgan fingerprint density at radius 1 is 1.30 bits per heavy atom. The molecule has 3 N–H and O–H groups in total. The first-order valence-electron chi connectivity index (χ1n) is 5.95. The topological polar surface area (TPSA) is 106 Å². The van der Waals surface area contributed by atoms with Crippen LogP contribution in [0.2, 0.25) is 0 Å². The zero-order chi connectivity index (χ0) is 15.2. The maximum absolute atomic E-state index is 11.7. The Hall–Kier alpha value is -1.41. The maximum Gasteiger partial charge on any atom is 0.225 e. The van der Waals surface area contributed by atoms with Crippen LogP contribution in [0.25, 0.3) is 0 Å². The van der Waals surface area contributed by atoms with E-state index in [9.17, 15) is 17.4 Å². The summed E-state index contributed by atoms with van der Waals surface area (Å²) in [5.74, 6) is -0.240. The molecule has 0 aliphatic carbocycles. The highest BCUT2D eigenvalue weighted by atomic mass is 32.2. The van der Waals surface area contributed by atoms with Gasteiger partial charge in [0.2, 0.25) is 5.91 Å². The van der Waals surface area contributed by atoms with Crippen molar-refractivity contribution in [2.45, 2.75) is 6.42 Å². The number of carbonyl (C=O) groups is 1. The van der Waals surface area contributed by atoms with Gasteiger partial charge >= 0.3 is 0 Å². The Labute approximate surface area is 121 Å². The second kappa shape index (κ2) is 7.39. The molecule has 0 aliphatic rings. The zero-order valence-corrected chi connectivity index (χ0v) is 12.8. The number of sulfone groups is 1. The predicted molar refractivity (Wildman–Crippen MR) is 81.7 cm³/mol. The molecule has 0 saturated carbocycles. The lowest BCUT2D eigenvalue weighted by molar-refractivity contribution is -0.115. The van der Waals surface area contributed by atoms with E-state index in [4.69, 9.17) is 5.73 Å². The molecule has 1 aromatic rings. The average molecular weight is 318 g/mol. The summed E-state index contributed by atoms with van der Waals surface area (Å²) >= 11 is 0. The summed E-state index contributed by atoms with van der Waals surface area (Å²) in [5, 5.41) is 2.62. The molecule has 0 saturated heterocycles. The second-order valence-electron chi connectivity index (χ2n) is 4.36. The summed E-state index contributed by atoms with van der Waals surface area (Å²) in [4.78, 5) is 11.7. The van der Waals surface area contributed by atoms with Crippen molar-refractivity contribution in [3.63, 3.8) is 0 Å². The molecule has 1 atom stereocenters. The lowest BCUT2D eigenvalue weighted by Crippen LogP contribution is -2.18. The number of rotatable bonds is 7. The summed E-state index contributed by atoms with van der Waals surface area (Å²) in [7, 11) is -4.44. The van der Waals surface area contributed by atoms with E-state index in [1.165, 1.54) is 0 Å². The van der Waals surface area contributed by atoms with Crippen LogP contribution in [0.4, 0.5) is 11.4 Å². The highest BCUT2D eigenvalue weighted by Gasteiger charge is 2.10. The molecule has 0 heterocycles. The summed E-state index contributed by atoms with van der Waals surface area (Å²) < 4.78 is 33.4. The molecule has 20 heavy (non-hydrogen) atoms. The first-order valence-corrected chi connectivity index (χ1v) is 9.50. The molecule has 0 radical (unpaired) electrons. The second-order valence-corrected chi connectivity index (χ2v) is 8.32. The molecular formula is C12H18N2O4S2. The van der Waals surface area contributed by atoms with Crippen molar-refractivity contribution in [1.29, 1.82) is 0 Å². The van der Waals surface area contributed by atoms with Gasteiger partial charge in [-0.2, -0.15) is 0 Å². The molecule has 0 fully saturated rings. The minimum absolute atomic E-state index is 0.0551. The Balaban J connectivity index is 2.37. The Morgan fingerprint density at radius 2 is 1.95 bits per heavy atom. The lowest BCUT2D eigenvalue weighted by Gasteiger charge is -2.07. The van der Waals surface area contributed by atoms with Crippen LogP contribution in [0.1, 0.15) is 6.42 Å². The highest BCUT2D eigenvalue weighted by Crippen LogP contribution is 2.16. The van der Waals surface area contributed by atoms with Gasteiger partial charge in [0.15, 0.2) is 0 Å². The number of nitrogen functional groups attached to an aromatic ring is 1. The Kier molecular flexibility index (Phi) is 6.15. The molecule has 1 rings (SSSR count). The van der Waals surface area contributed by atoms with E-state index in [1.54, 1.807) is 24.3 Å². The molecule has 6 nitrogen and oxygen atoms in total. The van der Waals surface area contributed by atoms with Crippen molar-refractivity contribution in [3.05, 3.63) is 24.3 Å². The molecule has 1 amide bonds. The summed E-state index contributed by atoms with van der Waals surface area (Å²) in [5.41, 5.74) is 6.65. The molecule has 8 heteroatoms. The monoisotopic (exact) mass is 318 g/mol. The standard InChI is InChI=1S/C12H18N2O4S2/c1-20(17,18)9-8-19(16)7-6-12(15)14-11-5-3-2-4-10(11)13/h2-5H,6-9,13H2,1H3,(H,14,15). The van der Waals surface area contributed by atoms with Gasteiger partial charge in [-0.05, 0) is 12.1 Å². The maximum atomic E-state index is 11.7. The summed E-state index contributed by atoms with van der Waals surface area (Å²) in [6.07, 6.45) is 1.15. The number of anilines is 2. The van der Waals surface area contributed by atoms with Crippen molar-refractivity contribution in [1.82, 2.24) is 0 Å². The van der Waals surface area contributed by atoms with Crippen molar-refractivity contribution >= 4 is 37.9 Å². The molecule has 0 spiro atoms. The smallest absolute Gasteiger partial charge is 0.225 e. The SMILES string of the molecule is CS(=O)(=O)CCS(=O)CCC(=O)Nc1ccccc1N. The molecule has 0 bridgehead atoms. The van der Waals surface area contributed by atoms with Gasteiger partial charge in [0.05, 0.1) is 17.1 Å². The number of nitrogens with one attached hydrogen (secondary N) is 1. The summed E-state index contributed by atoms with van der Waals surface area (Å²) in [6.45, 7) is 0. The normalized spacial score (nSPS) is 12.8. The predicted octanol–water partition coefficient (Wildman–Crippen LogP) is 0.391. The van der Waals surface area contributed by atoms with Crippen molar-refractivity contribution in [2.75, 3.05) is 34.6 Å². The average Bonchev–Trinajstić information content (AvgIpc) is 2.36. The van der Waals surface area contributed by atoms with Gasteiger partial charge in [0, 0.05) is 35.0 Å². The van der Waals surface area contributed by atoms with Crippen LogP contribution in [-0.2, 0) is 25.4 Å². The first-order chi connectivity index (χ1) is 9.28. The number of para-hydroxylation sites is 2. The third-order valence-electron chi connectivity index (χ3n) is 2.47. The van der Waals surface area contributed by atoms with Crippen molar-refractivity contribution in [2.24, 2.45) is 0 Å². The minimum atomic E-state index is -3.12. The third-order valence-corrected chi connectivity index (χ3v) is 5.00. The summed E-state index contributed by atoms with van der Waals surface area (Å²) in [6, 6.07) is 6.84. The third kappa shape index (κ3) is 6.67. The van der Waals surface area contributed by atoms with Crippen LogP contribution in [0, 0.1) is 0 Å². The molecule has 112 valence electrons. The van der Waals surface area contributed by atoms with Gasteiger partial charge in [0.25, 0.3) is 0 Å². The van der Waals surface area contributed by atoms with E-state index in [2.05, 4.69) is 5.32 Å². The Morgan fingerprint density at radius 3 is 2.55 bits per heavy atom. The number of nitrogens with two attached hydrogens (primary N) is 1. The molecule has 0 aliphatic heterocycles. The first kappa shape index (κ1) is 16.6. The van der Waals surface area contributed by atoms with Gasteiger partial charge in [-0.25, -0.2) is 8.42 Å². The Bertz CT molecular complexity index is 599. The van der Waals surface area contributed by atoms with Gasteiger partial charge in [-0.1, -0.05) is 12.1 Å². The minimum Gasteiger partial charge on any atom is -0.397 e. The molecular weight excluding hydrogens is 300 g/mol. The van der Waals surface area contributed by atoms with E-state index in [1.807, 2.05) is 0 Å². The van der Waals surface area contributed by atoms with Crippen LogP contribution in [0.3, 0.4) is 0 Å². The largest absolute Gasteiger partial charge is 0.397 e. The van der Waals surface area contributed by atoms with E-state index in [-0.39, 0.29) is 29.6 Å². The van der Waals surface area contributed by atoms with E-state index < -0.39 is 20.6 Å². The fourth-order valence-corrected chi connectivity index (χ4v) is 3.95. The van der Waals surface area contributed by atoms with Gasteiger partial charge in [-0.15, -0.1) is 0 Å². The van der Waals surface area contributed by atoms with Gasteiger partial charge in [-0.3, -0.25) is 9.00 Å². The fourth-order valence-electron chi connectivity index (χ4n) is 1.38. The molecule has 0 aromatic heterocycles. The zero-order valence-electron chi connectivity index (χ0n) is 11.2. The van der Waals surface area contributed by atoms with Gasteiger partial charge < -0.3 is 11.1 Å². The molecule has 1 aromatic carbocycles. The number of benzene rings is 1. The lowest BCUT2D eigenvalue weighted by atomic mass is 10.2. The molecule has 1 unspecified atom stereocenters. The van der Waals surface area contributed by atoms with Crippen LogP contribution >= 0.6 is 0 Å². The number of hydrogen-bond acceptors (Lipinski definition) is 5. The van der Waals surface area contributed by atoms with E-state index in [0.717, 1.165) is 6.26 Å². The number of carbonyl (C=O) groups excluding carboxylic acids is 1. The van der Waals surface area contributed by atoms with E-state index in [0.29, 0.717) is 11.4 Å². The van der Waals surface area contributed by atoms with Crippen molar-refractivity contribution < 1.29 is 17.4 Å². The number of hydrogen-bond donors (Lipinski definition) is 2. The highest BCUT2D eigenvalue weighted by molar-refractivity contribution is 7.92. The van der Waals surface area contributed by atoms with Crippen LogP contribution in [-0.4, -0.2) is 42.0 Å².